The Hall–Kier alpha value is -0.170. The molecule has 0 heterocycles. The van der Waals surface area contributed by atoms with Crippen molar-refractivity contribution >= 4 is 11.6 Å². The van der Waals surface area contributed by atoms with Crippen molar-refractivity contribution in [1.29, 1.82) is 0 Å². The second-order valence-corrected chi connectivity index (χ2v) is 2.74. The minimum absolute atomic E-state index is 0.606. The van der Waals surface area contributed by atoms with Crippen molar-refractivity contribution in [1.82, 2.24) is 4.90 Å². The first-order chi connectivity index (χ1) is 4.09. The van der Waals surface area contributed by atoms with Crippen LogP contribution in [0.25, 0.3) is 0 Å². The summed E-state index contributed by atoms with van der Waals surface area (Å²) in [5, 5.41) is 0. The molecule has 0 atom stereocenters. The van der Waals surface area contributed by atoms with Gasteiger partial charge in [-0.3, -0.25) is 0 Å². The van der Waals surface area contributed by atoms with Crippen LogP contribution in [-0.2, 0) is 0 Å². The standard InChI is InChI=1S/C7H14ClN/c1-6(2)7(5-8)9(3)4/h5H2,1-4H3. The first-order valence-corrected chi connectivity index (χ1v) is 3.52. The van der Waals surface area contributed by atoms with Crippen molar-refractivity contribution < 1.29 is 0 Å². The fraction of sp³-hybridized carbons (Fsp3) is 0.714. The van der Waals surface area contributed by atoms with Gasteiger partial charge in [0.15, 0.2) is 0 Å². The van der Waals surface area contributed by atoms with E-state index in [2.05, 4.69) is 13.8 Å². The zero-order valence-corrected chi connectivity index (χ0v) is 7.29. The Morgan fingerprint density at radius 3 is 1.78 bits per heavy atom. The number of allylic oxidation sites excluding steroid dienone is 2. The van der Waals surface area contributed by atoms with Gasteiger partial charge in [-0.15, -0.1) is 11.6 Å². The fourth-order valence-electron chi connectivity index (χ4n) is 0.700. The van der Waals surface area contributed by atoms with Gasteiger partial charge in [0, 0.05) is 19.8 Å². The van der Waals surface area contributed by atoms with E-state index in [1.54, 1.807) is 0 Å². The Labute approximate surface area is 62.3 Å². The van der Waals surface area contributed by atoms with Gasteiger partial charge in [0.2, 0.25) is 0 Å². The monoisotopic (exact) mass is 147 g/mol. The molecule has 0 N–H and O–H groups in total. The SMILES string of the molecule is CC(C)=C(CCl)N(C)C. The number of halogens is 1. The number of nitrogens with zero attached hydrogens (tertiary/aromatic N) is 1. The average molecular weight is 148 g/mol. The van der Waals surface area contributed by atoms with Crippen molar-refractivity contribution in [2.75, 3.05) is 20.0 Å². The highest BCUT2D eigenvalue weighted by Crippen LogP contribution is 2.06. The normalized spacial score (nSPS) is 9.00. The molecule has 2 heteroatoms. The number of alkyl halides is 1. The second kappa shape index (κ2) is 3.78. The van der Waals surface area contributed by atoms with Crippen LogP contribution in [0.4, 0.5) is 0 Å². The van der Waals surface area contributed by atoms with Crippen LogP contribution in [0.3, 0.4) is 0 Å². The van der Waals surface area contributed by atoms with Crippen LogP contribution in [-0.4, -0.2) is 24.9 Å². The highest BCUT2D eigenvalue weighted by molar-refractivity contribution is 6.19. The van der Waals surface area contributed by atoms with Crippen molar-refractivity contribution in [2.24, 2.45) is 0 Å². The van der Waals surface area contributed by atoms with Gasteiger partial charge in [-0.05, 0) is 13.8 Å². The van der Waals surface area contributed by atoms with Crippen LogP contribution in [0.2, 0.25) is 0 Å². The lowest BCUT2D eigenvalue weighted by Crippen LogP contribution is -2.13. The van der Waals surface area contributed by atoms with Crippen LogP contribution in [0.1, 0.15) is 13.8 Å². The minimum atomic E-state index is 0.606. The highest BCUT2D eigenvalue weighted by atomic mass is 35.5. The van der Waals surface area contributed by atoms with E-state index < -0.39 is 0 Å². The predicted octanol–water partition coefficient (Wildman–Crippen LogP) is 2.08. The summed E-state index contributed by atoms with van der Waals surface area (Å²) in [7, 11) is 4.01. The first kappa shape index (κ1) is 8.83. The van der Waals surface area contributed by atoms with Gasteiger partial charge in [0.05, 0.1) is 5.88 Å². The van der Waals surface area contributed by atoms with Crippen LogP contribution in [0.5, 0.6) is 0 Å². The lowest BCUT2D eigenvalue weighted by Gasteiger charge is -2.16. The molecule has 1 nitrogen and oxygen atoms in total. The smallest absolute Gasteiger partial charge is 0.0622 e. The highest BCUT2D eigenvalue weighted by Gasteiger charge is 1.97. The minimum Gasteiger partial charge on any atom is -0.380 e. The number of rotatable bonds is 2. The molecule has 0 rings (SSSR count). The van der Waals surface area contributed by atoms with Gasteiger partial charge in [0.25, 0.3) is 0 Å². The maximum Gasteiger partial charge on any atom is 0.0622 e. The van der Waals surface area contributed by atoms with Gasteiger partial charge in [-0.25, -0.2) is 0 Å². The number of hydrogen-bond acceptors (Lipinski definition) is 1. The Morgan fingerprint density at radius 1 is 1.33 bits per heavy atom. The third-order valence-electron chi connectivity index (χ3n) is 1.24. The van der Waals surface area contributed by atoms with E-state index in [1.165, 1.54) is 11.3 Å². The van der Waals surface area contributed by atoms with E-state index >= 15 is 0 Å². The molecule has 0 unspecified atom stereocenters. The third-order valence-corrected chi connectivity index (χ3v) is 1.50. The fourth-order valence-corrected chi connectivity index (χ4v) is 1.21. The maximum absolute atomic E-state index is 5.66. The summed E-state index contributed by atoms with van der Waals surface area (Å²) in [4.78, 5) is 2.04. The van der Waals surface area contributed by atoms with Crippen molar-refractivity contribution in [3.05, 3.63) is 11.3 Å². The predicted molar refractivity (Wildman–Crippen MR) is 42.8 cm³/mol. The summed E-state index contributed by atoms with van der Waals surface area (Å²) in [5.74, 6) is 0.606. The van der Waals surface area contributed by atoms with Gasteiger partial charge >= 0.3 is 0 Å². The molecular weight excluding hydrogens is 134 g/mol. The second-order valence-electron chi connectivity index (χ2n) is 2.47. The van der Waals surface area contributed by atoms with Gasteiger partial charge in [-0.1, -0.05) is 5.57 Å². The van der Waals surface area contributed by atoms with Crippen molar-refractivity contribution in [3.8, 4) is 0 Å². The van der Waals surface area contributed by atoms with Crippen LogP contribution in [0.15, 0.2) is 11.3 Å². The van der Waals surface area contributed by atoms with Crippen molar-refractivity contribution in [3.63, 3.8) is 0 Å². The summed E-state index contributed by atoms with van der Waals surface area (Å²) in [6.45, 7) is 4.13. The molecular formula is C7H14ClN. The quantitative estimate of drug-likeness (QED) is 0.541. The summed E-state index contributed by atoms with van der Waals surface area (Å²) in [6.07, 6.45) is 0. The molecule has 0 fully saturated rings. The molecule has 0 radical (unpaired) electrons. The molecule has 0 bridgehead atoms. The molecule has 0 aromatic carbocycles. The molecule has 0 saturated heterocycles. The third kappa shape index (κ3) is 2.75. The molecule has 0 aliphatic carbocycles. The summed E-state index contributed by atoms with van der Waals surface area (Å²) >= 11 is 5.66. The number of hydrogen-bond donors (Lipinski definition) is 0. The van der Waals surface area contributed by atoms with Crippen LogP contribution in [0, 0.1) is 0 Å². The molecule has 0 aliphatic rings. The lowest BCUT2D eigenvalue weighted by atomic mass is 10.3. The zero-order valence-electron chi connectivity index (χ0n) is 6.53. The molecule has 0 aromatic rings. The summed E-state index contributed by atoms with van der Waals surface area (Å²) < 4.78 is 0. The average Bonchev–Trinajstić information content (AvgIpc) is 1.64. The Kier molecular flexibility index (Phi) is 3.71. The van der Waals surface area contributed by atoms with E-state index in [4.69, 9.17) is 11.6 Å². The van der Waals surface area contributed by atoms with Crippen LogP contribution < -0.4 is 0 Å². The Balaban J connectivity index is 4.16. The van der Waals surface area contributed by atoms with E-state index in [1.807, 2.05) is 19.0 Å². The summed E-state index contributed by atoms with van der Waals surface area (Å²) in [6, 6.07) is 0. The van der Waals surface area contributed by atoms with E-state index in [9.17, 15) is 0 Å². The van der Waals surface area contributed by atoms with E-state index in [0.717, 1.165) is 0 Å². The Bertz CT molecular complexity index is 112. The lowest BCUT2D eigenvalue weighted by molar-refractivity contribution is 0.509. The molecule has 0 spiro atoms. The Morgan fingerprint density at radius 2 is 1.78 bits per heavy atom. The zero-order chi connectivity index (χ0) is 7.44. The van der Waals surface area contributed by atoms with Crippen LogP contribution >= 0.6 is 11.6 Å². The largest absolute Gasteiger partial charge is 0.380 e. The molecule has 0 saturated carbocycles. The van der Waals surface area contributed by atoms with E-state index in [0.29, 0.717) is 5.88 Å². The molecule has 0 aliphatic heterocycles. The van der Waals surface area contributed by atoms with Gasteiger partial charge in [-0.2, -0.15) is 0 Å². The van der Waals surface area contributed by atoms with E-state index in [-0.39, 0.29) is 0 Å². The topological polar surface area (TPSA) is 3.24 Å². The van der Waals surface area contributed by atoms with Gasteiger partial charge < -0.3 is 4.90 Å². The first-order valence-electron chi connectivity index (χ1n) is 2.99. The summed E-state index contributed by atoms with van der Waals surface area (Å²) in [5.41, 5.74) is 2.49. The van der Waals surface area contributed by atoms with Crippen molar-refractivity contribution in [2.45, 2.75) is 13.8 Å². The molecule has 54 valence electrons. The molecule has 0 amide bonds. The molecule has 9 heavy (non-hydrogen) atoms. The van der Waals surface area contributed by atoms with Gasteiger partial charge in [0.1, 0.15) is 0 Å². The molecule has 0 aromatic heterocycles. The maximum atomic E-state index is 5.66.